The van der Waals surface area contributed by atoms with Crippen LogP contribution in [0.25, 0.3) is 0 Å². The van der Waals surface area contributed by atoms with Gasteiger partial charge in [-0.3, -0.25) is 5.32 Å². The largest absolute Gasteiger partial charge is 0.508 e. The number of aromatic hydroxyl groups is 1. The van der Waals surface area contributed by atoms with Gasteiger partial charge in [0.25, 0.3) is 0 Å². The summed E-state index contributed by atoms with van der Waals surface area (Å²) < 4.78 is 5.15. The molecule has 0 aromatic heterocycles. The molecule has 0 fully saturated rings. The van der Waals surface area contributed by atoms with E-state index >= 15 is 0 Å². The Bertz CT molecular complexity index is 471. The molecule has 0 bridgehead atoms. The number of ether oxygens (including phenoxy) is 1. The molecule has 1 rings (SSSR count). The number of phenolic OH excluding ortho intramolecular Hbond substituents is 1. The Labute approximate surface area is 113 Å². The van der Waals surface area contributed by atoms with Crippen LogP contribution in [0.3, 0.4) is 0 Å². The molecule has 5 heteroatoms. The van der Waals surface area contributed by atoms with Gasteiger partial charge in [-0.2, -0.15) is 0 Å². The van der Waals surface area contributed by atoms with Crippen LogP contribution in [0.4, 0.5) is 10.5 Å². The molecule has 0 atom stereocenters. The van der Waals surface area contributed by atoms with Gasteiger partial charge in [-0.15, -0.1) is 0 Å². The molecule has 0 saturated heterocycles. The predicted molar refractivity (Wildman–Crippen MR) is 75.2 cm³/mol. The van der Waals surface area contributed by atoms with E-state index in [0.717, 1.165) is 0 Å². The van der Waals surface area contributed by atoms with Gasteiger partial charge in [0, 0.05) is 16.8 Å². The predicted octanol–water partition coefficient (Wildman–Crippen LogP) is 2.93. The number of carbonyl (C=O) groups excluding carboxylic acids is 1. The lowest BCUT2D eigenvalue weighted by Crippen LogP contribution is -2.29. The van der Waals surface area contributed by atoms with Crippen LogP contribution in [0.15, 0.2) is 18.2 Å². The summed E-state index contributed by atoms with van der Waals surface area (Å²) >= 11 is 0. The van der Waals surface area contributed by atoms with E-state index in [0.29, 0.717) is 11.3 Å². The van der Waals surface area contributed by atoms with Crippen LogP contribution in [0.2, 0.25) is 0 Å². The van der Waals surface area contributed by atoms with Crippen molar-refractivity contribution in [2.45, 2.75) is 45.8 Å². The van der Waals surface area contributed by atoms with E-state index in [1.165, 1.54) is 6.07 Å². The van der Waals surface area contributed by atoms with Crippen molar-refractivity contribution in [3.63, 3.8) is 0 Å². The minimum atomic E-state index is -0.699. The Morgan fingerprint density at radius 1 is 1.26 bits per heavy atom. The molecular formula is C14H22N2O3. The van der Waals surface area contributed by atoms with Gasteiger partial charge in [-0.25, -0.2) is 4.79 Å². The van der Waals surface area contributed by atoms with Gasteiger partial charge in [0.2, 0.25) is 0 Å². The average Bonchev–Trinajstić information content (AvgIpc) is 2.16. The van der Waals surface area contributed by atoms with Crippen LogP contribution < -0.4 is 11.1 Å². The number of rotatable bonds is 2. The monoisotopic (exact) mass is 266 g/mol. The Kier molecular flexibility index (Phi) is 4.10. The Morgan fingerprint density at radius 2 is 1.84 bits per heavy atom. The molecule has 5 nitrogen and oxygen atoms in total. The lowest BCUT2D eigenvalue weighted by atomic mass is 9.94. The normalized spacial score (nSPS) is 12.1. The fraction of sp³-hybridized carbons (Fsp3) is 0.500. The summed E-state index contributed by atoms with van der Waals surface area (Å²) in [5.74, 6) is 0.0993. The zero-order valence-electron chi connectivity index (χ0n) is 12.1. The molecule has 4 N–H and O–H groups in total. The SMILES string of the molecule is CC(C)(C)OC(=O)Nc1ccc(O)c(C(C)(C)N)c1. The third-order valence-electron chi connectivity index (χ3n) is 2.34. The Balaban J connectivity index is 2.89. The number of nitrogens with one attached hydrogen (secondary N) is 1. The minimum Gasteiger partial charge on any atom is -0.508 e. The minimum absolute atomic E-state index is 0.0993. The topological polar surface area (TPSA) is 84.6 Å². The number of benzene rings is 1. The van der Waals surface area contributed by atoms with Crippen molar-refractivity contribution in [3.8, 4) is 5.75 Å². The summed E-state index contributed by atoms with van der Waals surface area (Å²) in [6, 6.07) is 4.73. The van der Waals surface area contributed by atoms with Crippen LogP contribution in [-0.4, -0.2) is 16.8 Å². The molecule has 0 aliphatic carbocycles. The lowest BCUT2D eigenvalue weighted by Gasteiger charge is -2.22. The summed E-state index contributed by atoms with van der Waals surface area (Å²) in [5.41, 5.74) is 5.78. The maximum Gasteiger partial charge on any atom is 0.412 e. The van der Waals surface area contributed by atoms with Crippen molar-refractivity contribution in [2.75, 3.05) is 5.32 Å². The van der Waals surface area contributed by atoms with Crippen LogP contribution in [0, 0.1) is 0 Å². The van der Waals surface area contributed by atoms with E-state index in [1.54, 1.807) is 46.8 Å². The summed E-state index contributed by atoms with van der Waals surface area (Å²) in [4.78, 5) is 11.6. The first-order chi connectivity index (χ1) is 8.49. The number of nitrogens with two attached hydrogens (primary N) is 1. The fourth-order valence-electron chi connectivity index (χ4n) is 1.55. The molecule has 0 radical (unpaired) electrons. The number of anilines is 1. The van der Waals surface area contributed by atoms with Crippen molar-refractivity contribution in [3.05, 3.63) is 23.8 Å². The molecule has 1 aromatic rings. The summed E-state index contributed by atoms with van der Waals surface area (Å²) in [6.45, 7) is 8.92. The van der Waals surface area contributed by atoms with Crippen LogP contribution in [0.5, 0.6) is 5.75 Å². The standard InChI is InChI=1S/C14H22N2O3/c1-13(2,3)19-12(18)16-9-6-7-11(17)10(8-9)14(4,5)15/h6-8,17H,15H2,1-5H3,(H,16,18). The first-order valence-corrected chi connectivity index (χ1v) is 6.11. The molecule has 19 heavy (non-hydrogen) atoms. The first kappa shape index (κ1) is 15.3. The van der Waals surface area contributed by atoms with Gasteiger partial charge in [-0.1, -0.05) is 0 Å². The van der Waals surface area contributed by atoms with Crippen LogP contribution >= 0.6 is 0 Å². The van der Waals surface area contributed by atoms with Crippen LogP contribution in [-0.2, 0) is 10.3 Å². The number of carbonyl (C=O) groups is 1. The number of amides is 1. The lowest BCUT2D eigenvalue weighted by molar-refractivity contribution is 0.0636. The highest BCUT2D eigenvalue weighted by Crippen LogP contribution is 2.29. The van der Waals surface area contributed by atoms with Gasteiger partial charge in [0.1, 0.15) is 11.4 Å². The molecule has 0 saturated carbocycles. The van der Waals surface area contributed by atoms with Gasteiger partial charge in [0.05, 0.1) is 0 Å². The van der Waals surface area contributed by atoms with Crippen molar-refractivity contribution in [1.82, 2.24) is 0 Å². The zero-order valence-corrected chi connectivity index (χ0v) is 12.1. The quantitative estimate of drug-likeness (QED) is 0.718. The molecule has 0 aliphatic heterocycles. The average molecular weight is 266 g/mol. The van der Waals surface area contributed by atoms with Gasteiger partial charge in [0.15, 0.2) is 0 Å². The van der Waals surface area contributed by atoms with E-state index in [4.69, 9.17) is 10.5 Å². The molecule has 0 heterocycles. The summed E-state index contributed by atoms with van der Waals surface area (Å²) in [5, 5.41) is 12.4. The molecule has 106 valence electrons. The zero-order chi connectivity index (χ0) is 14.8. The van der Waals surface area contributed by atoms with Crippen molar-refractivity contribution in [1.29, 1.82) is 0 Å². The second-order valence-electron chi connectivity index (χ2n) is 6.08. The van der Waals surface area contributed by atoms with Crippen LogP contribution in [0.1, 0.15) is 40.2 Å². The molecule has 1 amide bonds. The summed E-state index contributed by atoms with van der Waals surface area (Å²) in [7, 11) is 0. The van der Waals surface area contributed by atoms with E-state index in [-0.39, 0.29) is 5.75 Å². The van der Waals surface area contributed by atoms with Gasteiger partial charge in [-0.05, 0) is 52.8 Å². The van der Waals surface area contributed by atoms with E-state index < -0.39 is 17.2 Å². The first-order valence-electron chi connectivity index (χ1n) is 6.11. The summed E-state index contributed by atoms with van der Waals surface area (Å²) in [6.07, 6.45) is -0.543. The second kappa shape index (κ2) is 5.09. The number of phenols is 1. The highest BCUT2D eigenvalue weighted by atomic mass is 16.6. The van der Waals surface area contributed by atoms with Crippen molar-refractivity contribution in [2.24, 2.45) is 5.73 Å². The van der Waals surface area contributed by atoms with E-state index in [1.807, 2.05) is 0 Å². The molecular weight excluding hydrogens is 244 g/mol. The molecule has 0 spiro atoms. The Hall–Kier alpha value is -1.75. The van der Waals surface area contributed by atoms with Crippen molar-refractivity contribution < 1.29 is 14.6 Å². The van der Waals surface area contributed by atoms with E-state index in [2.05, 4.69) is 5.32 Å². The van der Waals surface area contributed by atoms with Crippen molar-refractivity contribution >= 4 is 11.8 Å². The number of hydrogen-bond donors (Lipinski definition) is 3. The Morgan fingerprint density at radius 3 is 2.32 bits per heavy atom. The smallest absolute Gasteiger partial charge is 0.412 e. The van der Waals surface area contributed by atoms with E-state index in [9.17, 15) is 9.90 Å². The second-order valence-corrected chi connectivity index (χ2v) is 6.08. The highest BCUT2D eigenvalue weighted by Gasteiger charge is 2.20. The molecule has 0 aliphatic rings. The highest BCUT2D eigenvalue weighted by molar-refractivity contribution is 5.85. The third-order valence-corrected chi connectivity index (χ3v) is 2.34. The number of hydrogen-bond acceptors (Lipinski definition) is 4. The third kappa shape index (κ3) is 4.79. The maximum atomic E-state index is 11.6. The maximum absolute atomic E-state index is 11.6. The van der Waals surface area contributed by atoms with Gasteiger partial charge < -0.3 is 15.6 Å². The molecule has 1 aromatic carbocycles. The fourth-order valence-corrected chi connectivity index (χ4v) is 1.55. The van der Waals surface area contributed by atoms with Gasteiger partial charge >= 0.3 is 6.09 Å². The molecule has 0 unspecified atom stereocenters.